The quantitative estimate of drug-likeness (QED) is 0.832. The molecule has 0 bridgehead atoms. The molecule has 6 nitrogen and oxygen atoms in total. The van der Waals surface area contributed by atoms with Gasteiger partial charge in [-0.1, -0.05) is 0 Å². The Morgan fingerprint density at radius 2 is 1.75 bits per heavy atom. The maximum Gasteiger partial charge on any atom is 0.501 e. The molecule has 1 aliphatic heterocycles. The van der Waals surface area contributed by atoms with Crippen LogP contribution in [0.1, 0.15) is 18.4 Å². The lowest BCUT2D eigenvalue weighted by Gasteiger charge is -2.33. The molecule has 0 saturated carbocycles. The molecule has 1 N–H and O–H groups in total. The highest BCUT2D eigenvalue weighted by atomic mass is 32.2. The van der Waals surface area contributed by atoms with Crippen LogP contribution >= 0.6 is 0 Å². The second-order valence-electron chi connectivity index (χ2n) is 6.40. The highest BCUT2D eigenvalue weighted by Crippen LogP contribution is 2.31. The van der Waals surface area contributed by atoms with Crippen LogP contribution in [0.5, 0.6) is 0 Å². The standard InChI is InChI=1S/C18H17F3N4O2S/c19-18(20,21)28(26,27)16-4-2-14(3-5-16)24-15-7-9-25(10-8-15)17-6-1-13(11-22)12-23-17/h1-6,12,15,24H,7-10H2. The topological polar surface area (TPSA) is 86.1 Å². The molecular formula is C18H17F3N4O2S. The third-order valence-corrected chi connectivity index (χ3v) is 6.04. The van der Waals surface area contributed by atoms with Crippen molar-refractivity contribution in [3.8, 4) is 6.07 Å². The Balaban J connectivity index is 1.58. The molecule has 1 aromatic carbocycles. The van der Waals surface area contributed by atoms with E-state index in [0.29, 0.717) is 11.3 Å². The zero-order valence-electron chi connectivity index (χ0n) is 14.6. The van der Waals surface area contributed by atoms with Gasteiger partial charge in [0, 0.05) is 31.0 Å². The van der Waals surface area contributed by atoms with Gasteiger partial charge >= 0.3 is 5.51 Å². The van der Waals surface area contributed by atoms with Crippen LogP contribution in [0.25, 0.3) is 0 Å². The maximum absolute atomic E-state index is 12.6. The van der Waals surface area contributed by atoms with Gasteiger partial charge in [-0.15, -0.1) is 0 Å². The number of nitrogens with one attached hydrogen (secondary N) is 1. The minimum absolute atomic E-state index is 0.111. The first-order valence-corrected chi connectivity index (χ1v) is 9.98. The second kappa shape index (κ2) is 7.67. The molecule has 2 heterocycles. The van der Waals surface area contributed by atoms with E-state index < -0.39 is 20.2 Å². The molecule has 0 spiro atoms. The van der Waals surface area contributed by atoms with Gasteiger partial charge in [0.1, 0.15) is 11.9 Å². The molecule has 10 heteroatoms. The number of sulfone groups is 1. The summed E-state index contributed by atoms with van der Waals surface area (Å²) < 4.78 is 60.5. The fourth-order valence-electron chi connectivity index (χ4n) is 2.99. The van der Waals surface area contributed by atoms with Crippen molar-refractivity contribution < 1.29 is 21.6 Å². The van der Waals surface area contributed by atoms with E-state index in [9.17, 15) is 21.6 Å². The van der Waals surface area contributed by atoms with E-state index in [1.807, 2.05) is 6.07 Å². The predicted molar refractivity (Wildman–Crippen MR) is 97.5 cm³/mol. The lowest BCUT2D eigenvalue weighted by molar-refractivity contribution is -0.0436. The number of alkyl halides is 3. The molecule has 0 unspecified atom stereocenters. The molecule has 0 radical (unpaired) electrons. The Morgan fingerprint density at radius 1 is 1.11 bits per heavy atom. The summed E-state index contributed by atoms with van der Waals surface area (Å²) in [6, 6.07) is 10.2. The SMILES string of the molecule is N#Cc1ccc(N2CCC(Nc3ccc(S(=O)(=O)C(F)(F)F)cc3)CC2)nc1. The molecule has 1 saturated heterocycles. The minimum Gasteiger partial charge on any atom is -0.382 e. The van der Waals surface area contributed by atoms with Gasteiger partial charge in [-0.2, -0.15) is 18.4 Å². The number of hydrogen-bond donors (Lipinski definition) is 1. The molecule has 2 aromatic rings. The average Bonchev–Trinajstić information content (AvgIpc) is 2.68. The first-order chi connectivity index (χ1) is 13.2. The van der Waals surface area contributed by atoms with Crippen LogP contribution in [0.2, 0.25) is 0 Å². The predicted octanol–water partition coefficient (Wildman–Crippen LogP) is 3.33. The van der Waals surface area contributed by atoms with Crippen molar-refractivity contribution in [2.24, 2.45) is 0 Å². The Bertz CT molecular complexity index is 960. The van der Waals surface area contributed by atoms with E-state index >= 15 is 0 Å². The van der Waals surface area contributed by atoms with Crippen molar-refractivity contribution in [3.63, 3.8) is 0 Å². The summed E-state index contributed by atoms with van der Waals surface area (Å²) in [7, 11) is -5.33. The third-order valence-electron chi connectivity index (χ3n) is 4.54. The first kappa shape index (κ1) is 19.9. The minimum atomic E-state index is -5.33. The van der Waals surface area contributed by atoms with E-state index in [0.717, 1.165) is 43.9 Å². The lowest BCUT2D eigenvalue weighted by atomic mass is 10.0. The van der Waals surface area contributed by atoms with E-state index in [-0.39, 0.29) is 6.04 Å². The van der Waals surface area contributed by atoms with Crippen molar-refractivity contribution in [2.75, 3.05) is 23.3 Å². The summed E-state index contributed by atoms with van der Waals surface area (Å²) >= 11 is 0. The average molecular weight is 410 g/mol. The Hall–Kier alpha value is -2.80. The lowest BCUT2D eigenvalue weighted by Crippen LogP contribution is -2.39. The van der Waals surface area contributed by atoms with Crippen molar-refractivity contribution in [1.82, 2.24) is 4.98 Å². The number of pyridine rings is 1. The molecule has 1 aliphatic rings. The van der Waals surface area contributed by atoms with Crippen LogP contribution in [0.3, 0.4) is 0 Å². The molecule has 28 heavy (non-hydrogen) atoms. The monoisotopic (exact) mass is 410 g/mol. The summed E-state index contributed by atoms with van der Waals surface area (Å²) in [6.45, 7) is 1.47. The highest BCUT2D eigenvalue weighted by molar-refractivity contribution is 7.92. The summed E-state index contributed by atoms with van der Waals surface area (Å²) in [5.41, 5.74) is -4.25. The van der Waals surface area contributed by atoms with Crippen molar-refractivity contribution in [3.05, 3.63) is 48.2 Å². The van der Waals surface area contributed by atoms with Crippen LogP contribution < -0.4 is 10.2 Å². The third kappa shape index (κ3) is 4.20. The Morgan fingerprint density at radius 3 is 2.25 bits per heavy atom. The Labute approximate surface area is 160 Å². The van der Waals surface area contributed by atoms with E-state index in [1.54, 1.807) is 12.1 Å². The van der Waals surface area contributed by atoms with Gasteiger partial charge in [0.15, 0.2) is 0 Å². The second-order valence-corrected chi connectivity index (χ2v) is 8.34. The normalized spacial score (nSPS) is 15.9. The molecular weight excluding hydrogens is 393 g/mol. The number of nitrogens with zero attached hydrogens (tertiary/aromatic N) is 3. The van der Waals surface area contributed by atoms with Gasteiger partial charge in [-0.25, -0.2) is 13.4 Å². The number of anilines is 2. The highest BCUT2D eigenvalue weighted by Gasteiger charge is 2.46. The molecule has 1 fully saturated rings. The molecule has 0 amide bonds. The smallest absolute Gasteiger partial charge is 0.382 e. The number of hydrogen-bond acceptors (Lipinski definition) is 6. The van der Waals surface area contributed by atoms with E-state index in [4.69, 9.17) is 5.26 Å². The largest absolute Gasteiger partial charge is 0.501 e. The fourth-order valence-corrected chi connectivity index (χ4v) is 3.75. The molecule has 0 aliphatic carbocycles. The fraction of sp³-hybridized carbons (Fsp3) is 0.333. The number of halogens is 3. The summed E-state index contributed by atoms with van der Waals surface area (Å²) in [5, 5.41) is 12.0. The van der Waals surface area contributed by atoms with Gasteiger partial charge in [0.25, 0.3) is 9.84 Å². The zero-order chi connectivity index (χ0) is 20.4. The van der Waals surface area contributed by atoms with Gasteiger partial charge in [0.05, 0.1) is 10.5 Å². The maximum atomic E-state index is 12.6. The molecule has 148 valence electrons. The number of nitriles is 1. The van der Waals surface area contributed by atoms with Gasteiger partial charge in [-0.3, -0.25) is 0 Å². The summed E-state index contributed by atoms with van der Waals surface area (Å²) in [5.74, 6) is 0.791. The summed E-state index contributed by atoms with van der Waals surface area (Å²) in [6.07, 6.45) is 3.09. The first-order valence-electron chi connectivity index (χ1n) is 8.50. The summed E-state index contributed by atoms with van der Waals surface area (Å²) in [4.78, 5) is 5.59. The molecule has 3 rings (SSSR count). The number of benzene rings is 1. The van der Waals surface area contributed by atoms with Crippen LogP contribution in [0.15, 0.2) is 47.5 Å². The number of aromatic nitrogens is 1. The van der Waals surface area contributed by atoms with Crippen molar-refractivity contribution in [2.45, 2.75) is 29.3 Å². The van der Waals surface area contributed by atoms with E-state index in [2.05, 4.69) is 15.2 Å². The molecule has 1 aromatic heterocycles. The van der Waals surface area contributed by atoms with Crippen LogP contribution in [0.4, 0.5) is 24.7 Å². The Kier molecular flexibility index (Phi) is 5.47. The van der Waals surface area contributed by atoms with Gasteiger partial charge in [-0.05, 0) is 49.2 Å². The van der Waals surface area contributed by atoms with Crippen LogP contribution in [0, 0.1) is 11.3 Å². The van der Waals surface area contributed by atoms with Gasteiger partial charge < -0.3 is 10.2 Å². The van der Waals surface area contributed by atoms with Crippen LogP contribution in [-0.2, 0) is 9.84 Å². The van der Waals surface area contributed by atoms with Crippen LogP contribution in [-0.4, -0.2) is 38.0 Å². The number of piperidine rings is 1. The zero-order valence-corrected chi connectivity index (χ0v) is 15.5. The number of rotatable bonds is 4. The van der Waals surface area contributed by atoms with E-state index in [1.165, 1.54) is 18.3 Å². The van der Waals surface area contributed by atoms with Gasteiger partial charge in [0.2, 0.25) is 0 Å². The molecule has 0 atom stereocenters. The van der Waals surface area contributed by atoms with Crippen molar-refractivity contribution in [1.29, 1.82) is 5.26 Å². The van der Waals surface area contributed by atoms with Crippen molar-refractivity contribution >= 4 is 21.3 Å².